The van der Waals surface area contributed by atoms with Gasteiger partial charge in [0.15, 0.2) is 0 Å². The molecule has 0 unspecified atom stereocenters. The molecule has 58 valence electrons. The Morgan fingerprint density at radius 3 is 2.67 bits per heavy atom. The van der Waals surface area contributed by atoms with Gasteiger partial charge < -0.3 is 4.74 Å². The molecule has 0 aliphatic rings. The van der Waals surface area contributed by atoms with Crippen LogP contribution in [0.1, 0.15) is 10.4 Å². The Morgan fingerprint density at radius 1 is 1.58 bits per heavy atom. The van der Waals surface area contributed by atoms with Crippen LogP contribution in [0.4, 0.5) is 0 Å². The summed E-state index contributed by atoms with van der Waals surface area (Å²) in [5.74, 6) is -0.339. The summed E-state index contributed by atoms with van der Waals surface area (Å²) in [6.07, 6.45) is 0. The van der Waals surface area contributed by atoms with Crippen molar-refractivity contribution < 1.29 is 67.7 Å². The van der Waals surface area contributed by atoms with E-state index in [1.165, 1.54) is 7.11 Å². The van der Waals surface area contributed by atoms with Crippen LogP contribution in [0.25, 0.3) is 0 Å². The molecular weight excluding hydrogens is 293 g/mol. The number of halogens is 1. The Bertz CT molecular complexity index is 258. The first kappa shape index (κ1) is 13.0. The van der Waals surface area contributed by atoms with Gasteiger partial charge in [0.25, 0.3) is 5.97 Å². The molecule has 4 heteroatoms. The van der Waals surface area contributed by atoms with Gasteiger partial charge in [0.2, 0.25) is 0 Å². The molecule has 1 aromatic carbocycles. The maximum atomic E-state index is 10.9. The molecule has 0 saturated carbocycles. The van der Waals surface area contributed by atoms with E-state index in [9.17, 15) is 4.79 Å². The van der Waals surface area contributed by atoms with E-state index in [0.29, 0.717) is 5.56 Å². The van der Waals surface area contributed by atoms with Gasteiger partial charge >= 0.3 is 58.2 Å². The molecule has 0 bridgehead atoms. The summed E-state index contributed by atoms with van der Waals surface area (Å²) >= 11 is 3.21. The van der Waals surface area contributed by atoms with Crippen molar-refractivity contribution in [3.63, 3.8) is 0 Å². The SMILES string of the molecule is COC(=O)c1c[c-]c(Br)cc1.[Rb+]. The Kier molecular flexibility index (Phi) is 6.95. The first-order valence-corrected chi connectivity index (χ1v) is 3.79. The van der Waals surface area contributed by atoms with Crippen molar-refractivity contribution in [2.24, 2.45) is 0 Å². The number of carbonyl (C=O) groups excluding carboxylic acids is 1. The standard InChI is InChI=1S/C8H6BrO2.Rb/c1-11-8(10)6-2-4-7(9)5-3-6;/h2-4H,1H3;/q-1;+1. The molecule has 0 fully saturated rings. The predicted octanol–water partition coefficient (Wildman–Crippen LogP) is -0.960. The summed E-state index contributed by atoms with van der Waals surface area (Å²) in [6.45, 7) is 0. The van der Waals surface area contributed by atoms with Crippen LogP contribution in [0.5, 0.6) is 0 Å². The molecule has 0 saturated heterocycles. The Balaban J connectivity index is 0.00000121. The summed E-state index contributed by atoms with van der Waals surface area (Å²) in [7, 11) is 1.35. The van der Waals surface area contributed by atoms with Crippen molar-refractivity contribution in [1.29, 1.82) is 0 Å². The van der Waals surface area contributed by atoms with Gasteiger partial charge in [0, 0.05) is 0 Å². The zero-order valence-corrected chi connectivity index (χ0v) is 13.4. The Morgan fingerprint density at radius 2 is 2.25 bits per heavy atom. The fourth-order valence-electron chi connectivity index (χ4n) is 0.651. The second-order valence-corrected chi connectivity index (χ2v) is 2.77. The maximum Gasteiger partial charge on any atom is 1.00 e. The number of rotatable bonds is 1. The molecule has 12 heavy (non-hydrogen) atoms. The van der Waals surface area contributed by atoms with Gasteiger partial charge in [0.1, 0.15) is 0 Å². The Labute approximate surface area is 129 Å². The van der Waals surface area contributed by atoms with Gasteiger partial charge in [-0.05, 0) is 0 Å². The molecular formula is C8H6BrO2Rb. The number of carbonyl (C=O) groups is 1. The van der Waals surface area contributed by atoms with E-state index in [4.69, 9.17) is 0 Å². The van der Waals surface area contributed by atoms with Crippen molar-refractivity contribution in [3.8, 4) is 0 Å². The first-order valence-electron chi connectivity index (χ1n) is 2.99. The summed E-state index contributed by atoms with van der Waals surface area (Å²) in [5, 5.41) is 0. The van der Waals surface area contributed by atoms with E-state index < -0.39 is 0 Å². The molecule has 0 amide bonds. The summed E-state index contributed by atoms with van der Waals surface area (Å²) in [6, 6.07) is 7.83. The summed E-state index contributed by atoms with van der Waals surface area (Å²) in [5.41, 5.74) is 0.510. The second kappa shape index (κ2) is 6.43. The minimum absolute atomic E-state index is 0. The van der Waals surface area contributed by atoms with Gasteiger partial charge in [-0.2, -0.15) is 24.3 Å². The van der Waals surface area contributed by atoms with E-state index in [1.807, 2.05) is 0 Å². The third-order valence-corrected chi connectivity index (χ3v) is 1.69. The molecule has 0 heterocycles. The largest absolute Gasteiger partial charge is 1.00 e. The van der Waals surface area contributed by atoms with E-state index in [2.05, 4.69) is 26.7 Å². The number of esters is 1. The number of benzene rings is 1. The zero-order chi connectivity index (χ0) is 8.27. The number of methoxy groups -OCH3 is 1. The van der Waals surface area contributed by atoms with Gasteiger partial charge in [-0.15, -0.1) is 0 Å². The molecule has 2 nitrogen and oxygen atoms in total. The van der Waals surface area contributed by atoms with Crippen LogP contribution in [-0.2, 0) is 4.74 Å². The molecule has 0 aliphatic heterocycles. The third kappa shape index (κ3) is 3.79. The van der Waals surface area contributed by atoms with Crippen molar-refractivity contribution in [1.82, 2.24) is 0 Å². The van der Waals surface area contributed by atoms with Crippen LogP contribution >= 0.6 is 15.9 Å². The van der Waals surface area contributed by atoms with Crippen LogP contribution in [0.15, 0.2) is 22.7 Å². The van der Waals surface area contributed by atoms with Crippen LogP contribution in [0.2, 0.25) is 0 Å². The molecule has 1 aromatic rings. The summed E-state index contributed by atoms with van der Waals surface area (Å²) in [4.78, 5) is 10.9. The van der Waals surface area contributed by atoms with Crippen molar-refractivity contribution in [2.45, 2.75) is 0 Å². The molecule has 0 atom stereocenters. The second-order valence-electron chi connectivity index (χ2n) is 1.92. The number of ether oxygens (including phenoxy) is 1. The average Bonchev–Trinajstić information content (AvgIpc) is 2.05. The third-order valence-electron chi connectivity index (χ3n) is 1.20. The zero-order valence-electron chi connectivity index (χ0n) is 6.93. The van der Waals surface area contributed by atoms with E-state index in [0.717, 1.165) is 4.47 Å². The fraction of sp³-hybridized carbons (Fsp3) is 0.125. The van der Waals surface area contributed by atoms with Gasteiger partial charge in [-0.3, -0.25) is 4.79 Å². The molecule has 0 N–H and O–H groups in total. The molecule has 0 radical (unpaired) electrons. The number of hydrogen-bond donors (Lipinski definition) is 0. The molecule has 1 rings (SSSR count). The quantitative estimate of drug-likeness (QED) is 0.493. The fourth-order valence-corrected chi connectivity index (χ4v) is 0.897. The normalized spacial score (nSPS) is 8.50. The topological polar surface area (TPSA) is 26.3 Å². The minimum Gasteiger partial charge on any atom is -0.475 e. The molecule has 0 aliphatic carbocycles. The van der Waals surface area contributed by atoms with Crippen LogP contribution in [0.3, 0.4) is 0 Å². The molecule has 0 aromatic heterocycles. The van der Waals surface area contributed by atoms with Crippen molar-refractivity contribution in [2.75, 3.05) is 7.11 Å². The van der Waals surface area contributed by atoms with Gasteiger partial charge in [-0.25, -0.2) is 0 Å². The van der Waals surface area contributed by atoms with Crippen LogP contribution in [-0.4, -0.2) is 13.1 Å². The predicted molar refractivity (Wildman–Crippen MR) is 44.3 cm³/mol. The van der Waals surface area contributed by atoms with Crippen molar-refractivity contribution in [3.05, 3.63) is 34.3 Å². The molecule has 0 spiro atoms. The Hall–Kier alpha value is 0.975. The van der Waals surface area contributed by atoms with Crippen LogP contribution < -0.4 is 58.2 Å². The average molecular weight is 300 g/mol. The van der Waals surface area contributed by atoms with E-state index in [-0.39, 0.29) is 64.2 Å². The van der Waals surface area contributed by atoms with Crippen LogP contribution in [0, 0.1) is 6.07 Å². The number of hydrogen-bond acceptors (Lipinski definition) is 2. The van der Waals surface area contributed by atoms with Gasteiger partial charge in [0.05, 0.1) is 7.11 Å². The monoisotopic (exact) mass is 298 g/mol. The first-order chi connectivity index (χ1) is 5.24. The van der Waals surface area contributed by atoms with E-state index in [1.54, 1.807) is 18.2 Å². The smallest absolute Gasteiger partial charge is 0.475 e. The van der Waals surface area contributed by atoms with Gasteiger partial charge in [-0.1, -0.05) is 26.0 Å². The van der Waals surface area contributed by atoms with E-state index >= 15 is 0 Å². The van der Waals surface area contributed by atoms with Crippen molar-refractivity contribution >= 4 is 21.9 Å². The maximum absolute atomic E-state index is 10.9. The minimum atomic E-state index is -0.339. The summed E-state index contributed by atoms with van der Waals surface area (Å²) < 4.78 is 5.33.